The summed E-state index contributed by atoms with van der Waals surface area (Å²) in [6.07, 6.45) is 0. The molecule has 0 aliphatic rings. The van der Waals surface area contributed by atoms with Crippen molar-refractivity contribution in [3.05, 3.63) is 0 Å². The quantitative estimate of drug-likeness (QED) is 0.242. The molecule has 8 heavy (non-hydrogen) atoms. The maximum absolute atomic E-state index is 9.16. The monoisotopic (exact) mass is 130 g/mol. The van der Waals surface area contributed by atoms with Crippen LogP contribution in [0.3, 0.4) is 0 Å². The zero-order valence-electron chi connectivity index (χ0n) is 4.16. The van der Waals surface area contributed by atoms with Gasteiger partial charge in [-0.15, -0.1) is 0 Å². The Hall–Kier alpha value is 0.350. The molecule has 0 aromatic rings. The number of rotatable bonds is 1. The molecule has 0 aromatic heterocycles. The minimum Gasteiger partial charge on any atom is -0.542 e. The van der Waals surface area contributed by atoms with Gasteiger partial charge in [0.25, 0.3) is 0 Å². The molecule has 0 fully saturated rings. The van der Waals surface area contributed by atoms with Gasteiger partial charge in [-0.1, -0.05) is 0 Å². The van der Waals surface area contributed by atoms with Crippen molar-refractivity contribution in [3.63, 3.8) is 0 Å². The number of carbonyl (C=O) groups is 1. The number of aliphatic hydroxyl groups is 3. The molecule has 6 heteroatoms. The van der Waals surface area contributed by atoms with Gasteiger partial charge in [-0.3, -0.25) is 0 Å². The summed E-state index contributed by atoms with van der Waals surface area (Å²) in [7, 11) is 0. The molecule has 0 heterocycles. The van der Waals surface area contributed by atoms with E-state index in [0.29, 0.717) is 0 Å². The van der Waals surface area contributed by atoms with Crippen molar-refractivity contribution in [2.75, 3.05) is 0 Å². The van der Waals surface area contributed by atoms with Gasteiger partial charge in [-0.2, -0.15) is 0 Å². The van der Waals surface area contributed by atoms with Crippen molar-refractivity contribution >= 4 is 5.97 Å². The number of aliphatic carboxylic acids is 1. The molecule has 0 aliphatic carbocycles. The number of carboxylic acid groups (broad SMARTS) is 1. The van der Waals surface area contributed by atoms with Crippen molar-refractivity contribution in [1.82, 2.24) is 0 Å². The van der Waals surface area contributed by atoms with Crippen LogP contribution >= 0.6 is 0 Å². The molecule has 0 saturated carbocycles. The summed E-state index contributed by atoms with van der Waals surface area (Å²) in [6, 6.07) is 0. The van der Waals surface area contributed by atoms with Crippen molar-refractivity contribution in [1.29, 1.82) is 0 Å². The Kier molecular flexibility index (Phi) is 4.74. The number of carboxylic acids is 1. The zero-order valence-corrected chi connectivity index (χ0v) is 6.16. The first-order valence-electron chi connectivity index (χ1n) is 1.33. The predicted molar refractivity (Wildman–Crippen MR) is 14.4 cm³/mol. The fraction of sp³-hybridized carbons (Fsp3) is 0.500. The first kappa shape index (κ1) is 11.2. The number of hydrogen-bond donors (Lipinski definition) is 3. The standard InChI is InChI=1S/C2H4O5.Na/c3-1(4)2(5,6)7;/h5-7H,(H,3,4);/q;+1/p-1. The van der Waals surface area contributed by atoms with Crippen molar-refractivity contribution in [2.24, 2.45) is 0 Å². The van der Waals surface area contributed by atoms with Crippen LogP contribution < -0.4 is 34.7 Å². The van der Waals surface area contributed by atoms with Gasteiger partial charge in [-0.25, -0.2) is 0 Å². The third-order valence-corrected chi connectivity index (χ3v) is 0.274. The Balaban J connectivity index is 0. The molecule has 0 amide bonds. The molecule has 0 aliphatic heterocycles. The molecule has 0 radical (unpaired) electrons. The van der Waals surface area contributed by atoms with Gasteiger partial charge in [0.2, 0.25) is 0 Å². The van der Waals surface area contributed by atoms with Gasteiger partial charge in [0, 0.05) is 0 Å². The van der Waals surface area contributed by atoms with E-state index in [4.69, 9.17) is 25.2 Å². The summed E-state index contributed by atoms with van der Waals surface area (Å²) in [5.41, 5.74) is 0. The molecule has 0 saturated heterocycles. The van der Waals surface area contributed by atoms with E-state index in [2.05, 4.69) is 0 Å². The molecule has 42 valence electrons. The first-order chi connectivity index (χ1) is 2.94. The SMILES string of the molecule is O=C([O-])C(O)(O)O.[Na+]. The van der Waals surface area contributed by atoms with E-state index in [1.54, 1.807) is 0 Å². The fourth-order valence-electron chi connectivity index (χ4n) is 0. The Morgan fingerprint density at radius 3 is 1.50 bits per heavy atom. The smallest absolute Gasteiger partial charge is 0.542 e. The molecular weight excluding hydrogens is 127 g/mol. The normalized spacial score (nSPS) is 9.88. The topological polar surface area (TPSA) is 101 Å². The fourth-order valence-corrected chi connectivity index (χ4v) is 0. The number of hydrogen-bond acceptors (Lipinski definition) is 5. The molecule has 0 unspecified atom stereocenters. The Morgan fingerprint density at radius 2 is 1.50 bits per heavy atom. The molecule has 3 N–H and O–H groups in total. The van der Waals surface area contributed by atoms with Crippen LogP contribution in [0.15, 0.2) is 0 Å². The van der Waals surface area contributed by atoms with E-state index >= 15 is 0 Å². The van der Waals surface area contributed by atoms with Crippen LogP contribution in [0.1, 0.15) is 0 Å². The van der Waals surface area contributed by atoms with Crippen LogP contribution in [0, 0.1) is 0 Å². The summed E-state index contributed by atoms with van der Waals surface area (Å²) in [5.74, 6) is -6.03. The second-order valence-corrected chi connectivity index (χ2v) is 0.923. The Bertz CT molecular complexity index is 82.9. The van der Waals surface area contributed by atoms with Crippen LogP contribution in [-0.2, 0) is 4.79 Å². The third-order valence-electron chi connectivity index (χ3n) is 0.274. The van der Waals surface area contributed by atoms with Crippen molar-refractivity contribution in [2.45, 2.75) is 5.97 Å². The van der Waals surface area contributed by atoms with E-state index in [1.807, 2.05) is 0 Å². The summed E-state index contributed by atoms with van der Waals surface area (Å²) in [5, 5.41) is 31.8. The molecule has 0 spiro atoms. The molecule has 0 rings (SSSR count). The van der Waals surface area contributed by atoms with Crippen molar-refractivity contribution < 1.29 is 54.8 Å². The van der Waals surface area contributed by atoms with Crippen LogP contribution in [0.25, 0.3) is 0 Å². The van der Waals surface area contributed by atoms with E-state index in [9.17, 15) is 0 Å². The maximum atomic E-state index is 9.16. The minimum atomic E-state index is -3.69. The predicted octanol–water partition coefficient (Wildman–Crippen LogP) is -6.63. The molecule has 5 nitrogen and oxygen atoms in total. The maximum Gasteiger partial charge on any atom is 1.00 e. The van der Waals surface area contributed by atoms with Gasteiger partial charge >= 0.3 is 35.5 Å². The van der Waals surface area contributed by atoms with Crippen LogP contribution in [0.5, 0.6) is 0 Å². The summed E-state index contributed by atoms with van der Waals surface area (Å²) >= 11 is 0. The van der Waals surface area contributed by atoms with Gasteiger partial charge in [0.15, 0.2) is 0 Å². The van der Waals surface area contributed by atoms with Crippen LogP contribution in [-0.4, -0.2) is 27.3 Å². The summed E-state index contributed by atoms with van der Waals surface area (Å²) in [4.78, 5) is 9.16. The van der Waals surface area contributed by atoms with E-state index in [0.717, 1.165) is 0 Å². The summed E-state index contributed by atoms with van der Waals surface area (Å²) < 4.78 is 0. The average molecular weight is 130 g/mol. The number of carbonyl (C=O) groups excluding carboxylic acids is 1. The van der Waals surface area contributed by atoms with Gasteiger partial charge < -0.3 is 25.2 Å². The molecular formula is C2H3NaO5. The van der Waals surface area contributed by atoms with Crippen LogP contribution in [0.2, 0.25) is 0 Å². The molecule has 0 atom stereocenters. The first-order valence-corrected chi connectivity index (χ1v) is 1.33. The second kappa shape index (κ2) is 3.39. The average Bonchev–Trinajstić information content (AvgIpc) is 1.31. The van der Waals surface area contributed by atoms with Gasteiger partial charge in [0.05, 0.1) is 0 Å². The van der Waals surface area contributed by atoms with Gasteiger partial charge in [-0.05, 0) is 0 Å². The Labute approximate surface area is 66.9 Å². The summed E-state index contributed by atoms with van der Waals surface area (Å²) in [6.45, 7) is 0. The van der Waals surface area contributed by atoms with Crippen LogP contribution in [0.4, 0.5) is 0 Å². The van der Waals surface area contributed by atoms with Gasteiger partial charge in [0.1, 0.15) is 5.97 Å². The minimum absolute atomic E-state index is 0. The molecule has 0 bridgehead atoms. The largest absolute Gasteiger partial charge is 1.00 e. The second-order valence-electron chi connectivity index (χ2n) is 0.923. The van der Waals surface area contributed by atoms with E-state index in [-0.39, 0.29) is 29.6 Å². The van der Waals surface area contributed by atoms with E-state index < -0.39 is 11.9 Å². The van der Waals surface area contributed by atoms with E-state index in [1.165, 1.54) is 0 Å². The van der Waals surface area contributed by atoms with Crippen molar-refractivity contribution in [3.8, 4) is 0 Å². The zero-order chi connectivity index (χ0) is 6.08. The third kappa shape index (κ3) is 4.51. The Morgan fingerprint density at radius 1 is 1.38 bits per heavy atom. The molecule has 0 aromatic carbocycles.